The van der Waals surface area contributed by atoms with Crippen molar-refractivity contribution in [1.29, 1.82) is 0 Å². The minimum absolute atomic E-state index is 0.618. The van der Waals surface area contributed by atoms with Crippen LogP contribution in [0.5, 0.6) is 5.75 Å². The number of hydrogen-bond donors (Lipinski definition) is 1. The third kappa shape index (κ3) is 3.89. The molecule has 0 spiro atoms. The third-order valence-electron chi connectivity index (χ3n) is 4.25. The van der Waals surface area contributed by atoms with Crippen LogP contribution in [-0.2, 0) is 0 Å². The summed E-state index contributed by atoms with van der Waals surface area (Å²) in [5.41, 5.74) is 2.03. The molecular weight excluding hydrogens is 274 g/mol. The summed E-state index contributed by atoms with van der Waals surface area (Å²) in [6.45, 7) is 9.74. The zero-order valence-electron chi connectivity index (χ0n) is 14.1. The van der Waals surface area contributed by atoms with E-state index in [2.05, 4.69) is 42.0 Å². The fourth-order valence-electron chi connectivity index (χ4n) is 2.70. The van der Waals surface area contributed by atoms with Gasteiger partial charge in [-0.3, -0.25) is 9.88 Å². The van der Waals surface area contributed by atoms with Gasteiger partial charge >= 0.3 is 0 Å². The number of fused-ring (bicyclic) bond motifs is 1. The van der Waals surface area contributed by atoms with Crippen LogP contribution in [0.3, 0.4) is 0 Å². The van der Waals surface area contributed by atoms with Gasteiger partial charge in [-0.05, 0) is 32.0 Å². The molecule has 0 unspecified atom stereocenters. The molecule has 1 N–H and O–H groups in total. The SMILES string of the molecule is CC[C@H](C)N(CC)CCNc1cc(OC)cc2cccnc12. The fourth-order valence-corrected chi connectivity index (χ4v) is 2.70. The molecule has 4 heteroatoms. The number of benzene rings is 1. The first-order chi connectivity index (χ1) is 10.7. The minimum atomic E-state index is 0.618. The Morgan fingerprint density at radius 2 is 2.14 bits per heavy atom. The second kappa shape index (κ2) is 7.99. The second-order valence-corrected chi connectivity index (χ2v) is 5.56. The number of aromatic nitrogens is 1. The van der Waals surface area contributed by atoms with E-state index in [-0.39, 0.29) is 0 Å². The maximum atomic E-state index is 5.39. The van der Waals surface area contributed by atoms with E-state index < -0.39 is 0 Å². The molecule has 0 saturated carbocycles. The number of methoxy groups -OCH3 is 1. The lowest BCUT2D eigenvalue weighted by Gasteiger charge is -2.27. The van der Waals surface area contributed by atoms with E-state index in [0.29, 0.717) is 6.04 Å². The summed E-state index contributed by atoms with van der Waals surface area (Å²) in [5.74, 6) is 0.859. The van der Waals surface area contributed by atoms with Crippen molar-refractivity contribution >= 4 is 16.6 Å². The number of likely N-dealkylation sites (N-methyl/N-ethyl adjacent to an activating group) is 1. The summed E-state index contributed by atoms with van der Waals surface area (Å²) in [6, 6.07) is 8.67. The van der Waals surface area contributed by atoms with Gasteiger partial charge in [0.1, 0.15) is 5.75 Å². The molecule has 2 aromatic rings. The Hall–Kier alpha value is -1.81. The van der Waals surface area contributed by atoms with Crippen LogP contribution < -0.4 is 10.1 Å². The smallest absolute Gasteiger partial charge is 0.121 e. The van der Waals surface area contributed by atoms with E-state index in [9.17, 15) is 0 Å². The van der Waals surface area contributed by atoms with E-state index in [1.807, 2.05) is 24.4 Å². The number of rotatable bonds is 8. The molecule has 1 aromatic carbocycles. The lowest BCUT2D eigenvalue weighted by Crippen LogP contribution is -2.36. The topological polar surface area (TPSA) is 37.4 Å². The van der Waals surface area contributed by atoms with Gasteiger partial charge < -0.3 is 10.1 Å². The van der Waals surface area contributed by atoms with Crippen molar-refractivity contribution in [2.75, 3.05) is 32.1 Å². The number of nitrogens with zero attached hydrogens (tertiary/aromatic N) is 2. The molecule has 2 rings (SSSR count). The molecule has 22 heavy (non-hydrogen) atoms. The molecule has 0 aliphatic rings. The van der Waals surface area contributed by atoms with E-state index >= 15 is 0 Å². The van der Waals surface area contributed by atoms with Crippen molar-refractivity contribution in [3.63, 3.8) is 0 Å². The molecule has 0 fully saturated rings. The van der Waals surface area contributed by atoms with Gasteiger partial charge in [0.15, 0.2) is 0 Å². The summed E-state index contributed by atoms with van der Waals surface area (Å²) >= 11 is 0. The Balaban J connectivity index is 2.10. The number of anilines is 1. The van der Waals surface area contributed by atoms with E-state index in [1.165, 1.54) is 6.42 Å². The van der Waals surface area contributed by atoms with Crippen molar-refractivity contribution in [2.24, 2.45) is 0 Å². The van der Waals surface area contributed by atoms with Gasteiger partial charge in [-0.15, -0.1) is 0 Å². The maximum absolute atomic E-state index is 5.39. The van der Waals surface area contributed by atoms with Crippen LogP contribution in [0.2, 0.25) is 0 Å². The van der Waals surface area contributed by atoms with Gasteiger partial charge in [-0.25, -0.2) is 0 Å². The molecule has 120 valence electrons. The van der Waals surface area contributed by atoms with Crippen LogP contribution >= 0.6 is 0 Å². The highest BCUT2D eigenvalue weighted by atomic mass is 16.5. The molecule has 0 saturated heterocycles. The van der Waals surface area contributed by atoms with Gasteiger partial charge in [0.25, 0.3) is 0 Å². The average molecular weight is 301 g/mol. The first-order valence-electron chi connectivity index (χ1n) is 8.10. The summed E-state index contributed by atoms with van der Waals surface area (Å²) in [7, 11) is 1.70. The van der Waals surface area contributed by atoms with Crippen molar-refractivity contribution in [3.8, 4) is 5.75 Å². The zero-order chi connectivity index (χ0) is 15.9. The molecule has 1 heterocycles. The lowest BCUT2D eigenvalue weighted by molar-refractivity contribution is 0.223. The van der Waals surface area contributed by atoms with Crippen molar-refractivity contribution < 1.29 is 4.74 Å². The van der Waals surface area contributed by atoms with Crippen LogP contribution in [0.4, 0.5) is 5.69 Å². The first kappa shape index (κ1) is 16.6. The molecule has 0 bridgehead atoms. The molecular formula is C18H27N3O. The van der Waals surface area contributed by atoms with Crippen molar-refractivity contribution in [2.45, 2.75) is 33.2 Å². The quantitative estimate of drug-likeness (QED) is 0.805. The van der Waals surface area contributed by atoms with Gasteiger partial charge in [-0.2, -0.15) is 0 Å². The molecule has 0 aliphatic heterocycles. The number of pyridine rings is 1. The molecule has 0 amide bonds. The molecule has 1 atom stereocenters. The summed E-state index contributed by atoms with van der Waals surface area (Å²) < 4.78 is 5.39. The van der Waals surface area contributed by atoms with E-state index in [1.54, 1.807) is 7.11 Å². The predicted molar refractivity (Wildman–Crippen MR) is 93.8 cm³/mol. The summed E-state index contributed by atoms with van der Waals surface area (Å²) in [6.07, 6.45) is 3.01. The molecule has 4 nitrogen and oxygen atoms in total. The van der Waals surface area contributed by atoms with Gasteiger partial charge in [0.05, 0.1) is 18.3 Å². The van der Waals surface area contributed by atoms with Gasteiger partial charge in [-0.1, -0.05) is 19.9 Å². The second-order valence-electron chi connectivity index (χ2n) is 5.56. The standard InChI is InChI=1S/C18H27N3O/c1-5-14(3)21(6-2)11-10-19-17-13-16(22-4)12-15-8-7-9-20-18(15)17/h7-9,12-14,19H,5-6,10-11H2,1-4H3/t14-/m0/s1. The number of nitrogens with one attached hydrogen (secondary N) is 1. The van der Waals surface area contributed by atoms with Crippen LogP contribution in [0, 0.1) is 0 Å². The highest BCUT2D eigenvalue weighted by Gasteiger charge is 2.10. The highest BCUT2D eigenvalue weighted by Crippen LogP contribution is 2.27. The predicted octanol–water partition coefficient (Wildman–Crippen LogP) is 3.78. The zero-order valence-corrected chi connectivity index (χ0v) is 14.1. The van der Waals surface area contributed by atoms with Gasteiger partial charge in [0, 0.05) is 36.8 Å². The van der Waals surface area contributed by atoms with Crippen LogP contribution in [0.1, 0.15) is 27.2 Å². The van der Waals surface area contributed by atoms with Crippen LogP contribution in [0.15, 0.2) is 30.5 Å². The summed E-state index contributed by atoms with van der Waals surface area (Å²) in [4.78, 5) is 6.98. The normalized spacial score (nSPS) is 12.6. The first-order valence-corrected chi connectivity index (χ1v) is 8.10. The Bertz CT molecular complexity index is 600. The monoisotopic (exact) mass is 301 g/mol. The Kier molecular flexibility index (Phi) is 6.01. The lowest BCUT2D eigenvalue weighted by atomic mass is 10.1. The maximum Gasteiger partial charge on any atom is 0.121 e. The third-order valence-corrected chi connectivity index (χ3v) is 4.25. The Morgan fingerprint density at radius 1 is 1.32 bits per heavy atom. The fraction of sp³-hybridized carbons (Fsp3) is 0.500. The molecule has 0 aliphatic carbocycles. The number of hydrogen-bond acceptors (Lipinski definition) is 4. The molecule has 1 aromatic heterocycles. The van der Waals surface area contributed by atoms with Crippen LogP contribution in [0.25, 0.3) is 10.9 Å². The largest absolute Gasteiger partial charge is 0.497 e. The Morgan fingerprint density at radius 3 is 2.82 bits per heavy atom. The van der Waals surface area contributed by atoms with E-state index in [0.717, 1.165) is 42.0 Å². The number of ether oxygens (including phenoxy) is 1. The Labute approximate surface area is 133 Å². The highest BCUT2D eigenvalue weighted by molar-refractivity contribution is 5.91. The van der Waals surface area contributed by atoms with Gasteiger partial charge in [0.2, 0.25) is 0 Å². The minimum Gasteiger partial charge on any atom is -0.497 e. The van der Waals surface area contributed by atoms with Crippen molar-refractivity contribution in [3.05, 3.63) is 30.5 Å². The van der Waals surface area contributed by atoms with Crippen LogP contribution in [-0.4, -0.2) is 42.7 Å². The molecule has 0 radical (unpaired) electrons. The summed E-state index contributed by atoms with van der Waals surface area (Å²) in [5, 5.41) is 4.62. The average Bonchev–Trinajstić information content (AvgIpc) is 2.57. The van der Waals surface area contributed by atoms with Crippen molar-refractivity contribution in [1.82, 2.24) is 9.88 Å². The van der Waals surface area contributed by atoms with E-state index in [4.69, 9.17) is 4.74 Å².